The molecule has 1 saturated heterocycles. The summed E-state index contributed by atoms with van der Waals surface area (Å²) in [4.78, 5) is 27.1. The van der Waals surface area contributed by atoms with E-state index in [0.29, 0.717) is 13.1 Å². The van der Waals surface area contributed by atoms with Crippen LogP contribution in [0.3, 0.4) is 0 Å². The predicted molar refractivity (Wildman–Crippen MR) is 101 cm³/mol. The van der Waals surface area contributed by atoms with Crippen molar-refractivity contribution in [2.24, 2.45) is 5.84 Å². The summed E-state index contributed by atoms with van der Waals surface area (Å²) in [6.45, 7) is 0.909. The first-order chi connectivity index (χ1) is 13.3. The summed E-state index contributed by atoms with van der Waals surface area (Å²) in [6, 6.07) is 7.24. The van der Waals surface area contributed by atoms with Crippen molar-refractivity contribution < 1.29 is 23.2 Å². The van der Waals surface area contributed by atoms with Gasteiger partial charge in [0, 0.05) is 24.7 Å². The molecular formula is C17H18N4O6S. The predicted octanol–water partition coefficient (Wildman–Crippen LogP) is 1.28. The molecule has 28 heavy (non-hydrogen) atoms. The maximum atomic E-state index is 13.2. The summed E-state index contributed by atoms with van der Waals surface area (Å²) >= 11 is 0. The van der Waals surface area contributed by atoms with Crippen molar-refractivity contribution in [2.45, 2.75) is 17.7 Å². The highest BCUT2D eigenvalue weighted by molar-refractivity contribution is 7.89. The van der Waals surface area contributed by atoms with Gasteiger partial charge in [-0.2, -0.15) is 4.83 Å². The van der Waals surface area contributed by atoms with Crippen LogP contribution < -0.4 is 15.6 Å². The molecule has 1 heterocycles. The number of carbonyl (C=O) groups is 1. The van der Waals surface area contributed by atoms with Crippen molar-refractivity contribution in [3.63, 3.8) is 0 Å². The number of carbonyl (C=O) groups excluding carboxylic acids is 1. The lowest BCUT2D eigenvalue weighted by atomic mass is 9.99. The number of nitro groups is 1. The number of hydrazine groups is 1. The molecule has 1 aliphatic heterocycles. The molecule has 0 unspecified atom stereocenters. The van der Waals surface area contributed by atoms with E-state index in [4.69, 9.17) is 5.84 Å². The molecule has 2 aromatic rings. The third kappa shape index (κ3) is 3.54. The summed E-state index contributed by atoms with van der Waals surface area (Å²) in [5.74, 6) is 4.34. The third-order valence-electron chi connectivity index (χ3n) is 4.54. The highest BCUT2D eigenvalue weighted by atomic mass is 32.2. The Labute approximate surface area is 160 Å². The molecule has 0 aromatic heterocycles. The Morgan fingerprint density at radius 2 is 1.75 bits per heavy atom. The minimum atomic E-state index is -4.28. The van der Waals surface area contributed by atoms with Crippen LogP contribution in [0.4, 0.5) is 11.4 Å². The van der Waals surface area contributed by atoms with E-state index >= 15 is 0 Å². The molecule has 10 nitrogen and oxygen atoms in total. The number of nitrogens with two attached hydrogens (primary N) is 1. The molecule has 4 N–H and O–H groups in total. The Hall–Kier alpha value is -3.02. The fourth-order valence-corrected chi connectivity index (χ4v) is 4.07. The van der Waals surface area contributed by atoms with Crippen LogP contribution in [0.25, 0.3) is 0 Å². The van der Waals surface area contributed by atoms with Gasteiger partial charge >= 0.3 is 0 Å². The Bertz CT molecular complexity index is 1030. The maximum absolute atomic E-state index is 13.2. The molecule has 1 aliphatic rings. The van der Waals surface area contributed by atoms with Gasteiger partial charge in [-0.1, -0.05) is 0 Å². The first-order valence-electron chi connectivity index (χ1n) is 8.38. The minimum absolute atomic E-state index is 0.0445. The molecule has 1 fully saturated rings. The van der Waals surface area contributed by atoms with Crippen LogP contribution in [0.15, 0.2) is 41.3 Å². The van der Waals surface area contributed by atoms with Gasteiger partial charge in [-0.15, -0.1) is 0 Å². The van der Waals surface area contributed by atoms with E-state index in [0.717, 1.165) is 25.0 Å². The van der Waals surface area contributed by atoms with Crippen LogP contribution in [-0.4, -0.2) is 37.3 Å². The van der Waals surface area contributed by atoms with Gasteiger partial charge < -0.3 is 10.0 Å². The first kappa shape index (κ1) is 19.7. The van der Waals surface area contributed by atoms with Gasteiger partial charge in [0.25, 0.3) is 15.7 Å². The van der Waals surface area contributed by atoms with Crippen LogP contribution in [0.1, 0.15) is 28.8 Å². The molecule has 148 valence electrons. The van der Waals surface area contributed by atoms with Crippen molar-refractivity contribution in [1.82, 2.24) is 4.83 Å². The number of sulfonamides is 1. The number of anilines is 1. The van der Waals surface area contributed by atoms with E-state index in [1.165, 1.54) is 24.3 Å². The lowest BCUT2D eigenvalue weighted by Gasteiger charge is -2.22. The molecule has 0 bridgehead atoms. The zero-order chi connectivity index (χ0) is 20.5. The number of nitrogens with one attached hydrogen (secondary N) is 1. The Balaban J connectivity index is 2.34. The van der Waals surface area contributed by atoms with Gasteiger partial charge in [0.15, 0.2) is 5.78 Å². The Morgan fingerprint density at radius 3 is 2.29 bits per heavy atom. The zero-order valence-corrected chi connectivity index (χ0v) is 15.5. The standard InChI is InChI=1S/C17H18N4O6S/c18-19-28(26,27)14-8-7-13(21(24)25)16(20-9-1-2-10-20)15(14)17(23)11-3-5-12(22)6-4-11/h3-8,19,22H,1-2,9-10,18H2. The van der Waals surface area contributed by atoms with Gasteiger partial charge in [-0.25, -0.2) is 8.42 Å². The molecular weight excluding hydrogens is 388 g/mol. The number of phenolic OH excluding ortho intramolecular Hbond substituents is 1. The van der Waals surface area contributed by atoms with Crippen molar-refractivity contribution in [1.29, 1.82) is 0 Å². The molecule has 0 radical (unpaired) electrons. The van der Waals surface area contributed by atoms with Crippen LogP contribution in [0.5, 0.6) is 5.75 Å². The van der Waals surface area contributed by atoms with Crippen LogP contribution in [0.2, 0.25) is 0 Å². The molecule has 0 saturated carbocycles. The summed E-state index contributed by atoms with van der Waals surface area (Å²) in [6.07, 6.45) is 1.52. The van der Waals surface area contributed by atoms with Crippen LogP contribution in [-0.2, 0) is 10.0 Å². The molecule has 3 rings (SSSR count). The smallest absolute Gasteiger partial charge is 0.293 e. The highest BCUT2D eigenvalue weighted by Crippen LogP contribution is 2.39. The van der Waals surface area contributed by atoms with Gasteiger partial charge in [0.05, 0.1) is 15.4 Å². The molecule has 0 spiro atoms. The summed E-state index contributed by atoms with van der Waals surface area (Å²) < 4.78 is 24.9. The van der Waals surface area contributed by atoms with Crippen molar-refractivity contribution >= 4 is 27.2 Å². The number of hydrogen-bond donors (Lipinski definition) is 3. The summed E-state index contributed by atoms with van der Waals surface area (Å²) in [5, 5.41) is 21.1. The molecule has 11 heteroatoms. The highest BCUT2D eigenvalue weighted by Gasteiger charge is 2.34. The number of benzene rings is 2. The lowest BCUT2D eigenvalue weighted by molar-refractivity contribution is -0.384. The summed E-state index contributed by atoms with van der Waals surface area (Å²) in [7, 11) is -4.28. The number of ketones is 1. The van der Waals surface area contributed by atoms with E-state index in [2.05, 4.69) is 0 Å². The largest absolute Gasteiger partial charge is 0.508 e. The van der Waals surface area contributed by atoms with E-state index < -0.39 is 25.6 Å². The van der Waals surface area contributed by atoms with E-state index in [1.807, 2.05) is 0 Å². The van der Waals surface area contributed by atoms with Crippen LogP contribution >= 0.6 is 0 Å². The molecule has 0 atom stereocenters. The van der Waals surface area contributed by atoms with Crippen molar-refractivity contribution in [3.8, 4) is 5.75 Å². The second kappa shape index (κ2) is 7.54. The molecule has 0 aliphatic carbocycles. The van der Waals surface area contributed by atoms with Gasteiger partial charge in [0.2, 0.25) is 0 Å². The summed E-state index contributed by atoms with van der Waals surface area (Å²) in [5.41, 5.74) is -0.649. The quantitative estimate of drug-likeness (QED) is 0.280. The van der Waals surface area contributed by atoms with Gasteiger partial charge in [-0.05, 0) is 43.2 Å². The zero-order valence-electron chi connectivity index (χ0n) is 14.7. The second-order valence-electron chi connectivity index (χ2n) is 6.25. The number of hydrogen-bond acceptors (Lipinski definition) is 8. The number of aromatic hydroxyl groups is 1. The second-order valence-corrected chi connectivity index (χ2v) is 7.94. The lowest BCUT2D eigenvalue weighted by Crippen LogP contribution is -2.32. The van der Waals surface area contributed by atoms with E-state index in [9.17, 15) is 28.4 Å². The van der Waals surface area contributed by atoms with Gasteiger partial charge in [0.1, 0.15) is 11.4 Å². The van der Waals surface area contributed by atoms with Gasteiger partial charge in [-0.3, -0.25) is 20.8 Å². The fraction of sp³-hybridized carbons (Fsp3) is 0.235. The monoisotopic (exact) mass is 406 g/mol. The number of rotatable bonds is 6. The van der Waals surface area contributed by atoms with Crippen LogP contribution in [0, 0.1) is 10.1 Å². The number of nitrogens with zero attached hydrogens (tertiary/aromatic N) is 2. The Kier molecular flexibility index (Phi) is 5.31. The SMILES string of the molecule is NNS(=O)(=O)c1ccc([N+](=O)[O-])c(N2CCCC2)c1C(=O)c1ccc(O)cc1. The molecule has 0 amide bonds. The average Bonchev–Trinajstić information content (AvgIpc) is 3.21. The number of nitro benzene ring substituents is 1. The average molecular weight is 406 g/mol. The minimum Gasteiger partial charge on any atom is -0.508 e. The van der Waals surface area contributed by atoms with E-state index in [-0.39, 0.29) is 28.3 Å². The normalized spacial score (nSPS) is 14.2. The molecule has 2 aromatic carbocycles. The van der Waals surface area contributed by atoms with Crippen molar-refractivity contribution in [3.05, 3.63) is 57.6 Å². The number of phenols is 1. The Morgan fingerprint density at radius 1 is 1.14 bits per heavy atom. The van der Waals surface area contributed by atoms with Crippen molar-refractivity contribution in [2.75, 3.05) is 18.0 Å². The van der Waals surface area contributed by atoms with E-state index in [1.54, 1.807) is 9.73 Å². The third-order valence-corrected chi connectivity index (χ3v) is 5.77. The maximum Gasteiger partial charge on any atom is 0.293 e. The topological polar surface area (TPSA) is 156 Å². The fourth-order valence-electron chi connectivity index (χ4n) is 3.23. The first-order valence-corrected chi connectivity index (χ1v) is 9.87.